The van der Waals surface area contributed by atoms with Gasteiger partial charge in [-0.2, -0.15) is 0 Å². The van der Waals surface area contributed by atoms with Gasteiger partial charge in [0.25, 0.3) is 0 Å². The summed E-state index contributed by atoms with van der Waals surface area (Å²) in [7, 11) is 1.28. The first-order chi connectivity index (χ1) is 12.7. The number of carbonyl (C=O) groups excluding carboxylic acids is 2. The summed E-state index contributed by atoms with van der Waals surface area (Å²) in [6.07, 6.45) is 3.11. The molecule has 0 atom stereocenters. The third kappa shape index (κ3) is 4.12. The van der Waals surface area contributed by atoms with Gasteiger partial charge in [-0.05, 0) is 36.8 Å². The molecule has 1 N–H and O–H groups in total. The summed E-state index contributed by atoms with van der Waals surface area (Å²) in [6.45, 7) is 5.97. The number of hydrogen-bond acceptors (Lipinski definition) is 4. The van der Waals surface area contributed by atoms with E-state index in [-0.39, 0.29) is 29.3 Å². The normalized spacial score (nSPS) is 14.9. The molecule has 1 saturated carbocycles. The summed E-state index contributed by atoms with van der Waals surface area (Å²) in [6, 6.07) is 3.03. The first-order valence-electron chi connectivity index (χ1n) is 9.25. The van der Waals surface area contributed by atoms with Crippen molar-refractivity contribution >= 4 is 28.9 Å². The smallest absolute Gasteiger partial charge is 0.310 e. The summed E-state index contributed by atoms with van der Waals surface area (Å²) < 4.78 is 21.1. The zero-order valence-corrected chi connectivity index (χ0v) is 16.3. The number of nitrogens with zero attached hydrogens (tertiary/aromatic N) is 2. The number of rotatable bonds is 5. The molecule has 0 unspecified atom stereocenters. The number of imidazole rings is 1. The molecule has 1 heterocycles. The van der Waals surface area contributed by atoms with E-state index in [9.17, 15) is 14.0 Å². The molecule has 1 aliphatic carbocycles. The maximum Gasteiger partial charge on any atom is 0.310 e. The van der Waals surface area contributed by atoms with Crippen LogP contribution in [0.5, 0.6) is 0 Å². The highest BCUT2D eigenvalue weighted by Crippen LogP contribution is 2.39. The fraction of sp³-hybridized carbons (Fsp3) is 0.550. The number of carbonyl (C=O) groups is 2. The van der Waals surface area contributed by atoms with Crippen molar-refractivity contribution in [1.82, 2.24) is 9.55 Å². The molecular formula is C20H26FN3O3. The van der Waals surface area contributed by atoms with E-state index >= 15 is 0 Å². The lowest BCUT2D eigenvalue weighted by Gasteiger charge is -2.29. The number of anilines is 1. The largest absolute Gasteiger partial charge is 0.469 e. The number of hydrogen-bond donors (Lipinski definition) is 1. The van der Waals surface area contributed by atoms with Crippen LogP contribution >= 0.6 is 0 Å². The zero-order chi connectivity index (χ0) is 19.8. The van der Waals surface area contributed by atoms with Crippen LogP contribution in [-0.4, -0.2) is 28.5 Å². The molecule has 1 aromatic heterocycles. The maximum absolute atomic E-state index is 14.5. The van der Waals surface area contributed by atoms with Gasteiger partial charge in [0.05, 0.1) is 24.6 Å². The second-order valence-corrected chi connectivity index (χ2v) is 8.32. The number of methoxy groups -OCH3 is 1. The molecule has 6 nitrogen and oxygen atoms in total. The number of ether oxygens (including phenoxy) is 1. The predicted octanol–water partition coefficient (Wildman–Crippen LogP) is 3.99. The second kappa shape index (κ2) is 7.29. The van der Waals surface area contributed by atoms with Gasteiger partial charge in [0, 0.05) is 18.0 Å². The van der Waals surface area contributed by atoms with Crippen molar-refractivity contribution in [2.24, 2.45) is 5.41 Å². The molecule has 1 aliphatic rings. The van der Waals surface area contributed by atoms with Crippen molar-refractivity contribution in [1.29, 1.82) is 0 Å². The predicted molar refractivity (Wildman–Crippen MR) is 101 cm³/mol. The fourth-order valence-electron chi connectivity index (χ4n) is 3.36. The quantitative estimate of drug-likeness (QED) is 0.802. The molecule has 1 aromatic carbocycles. The van der Waals surface area contributed by atoms with E-state index in [0.29, 0.717) is 23.4 Å². The van der Waals surface area contributed by atoms with Crippen LogP contribution in [0.2, 0.25) is 0 Å². The van der Waals surface area contributed by atoms with Crippen LogP contribution in [0.25, 0.3) is 11.0 Å². The van der Waals surface area contributed by atoms with Crippen LogP contribution in [0.4, 0.5) is 10.3 Å². The third-order valence-corrected chi connectivity index (χ3v) is 4.83. The number of amides is 1. The van der Waals surface area contributed by atoms with Gasteiger partial charge in [-0.15, -0.1) is 0 Å². The highest BCUT2D eigenvalue weighted by Gasteiger charge is 2.29. The van der Waals surface area contributed by atoms with Gasteiger partial charge >= 0.3 is 5.97 Å². The van der Waals surface area contributed by atoms with Crippen molar-refractivity contribution < 1.29 is 18.7 Å². The molecule has 146 valence electrons. The average molecular weight is 375 g/mol. The fourth-order valence-corrected chi connectivity index (χ4v) is 3.36. The van der Waals surface area contributed by atoms with E-state index in [1.807, 2.05) is 25.3 Å². The molecule has 0 saturated heterocycles. The van der Waals surface area contributed by atoms with Crippen LogP contribution in [0.1, 0.15) is 58.1 Å². The Morgan fingerprint density at radius 3 is 2.59 bits per heavy atom. The first kappa shape index (κ1) is 19.3. The van der Waals surface area contributed by atoms with Crippen molar-refractivity contribution in [3.63, 3.8) is 0 Å². The molecule has 0 radical (unpaired) electrons. The van der Waals surface area contributed by atoms with Crippen molar-refractivity contribution in [2.75, 3.05) is 12.4 Å². The number of fused-ring (bicyclic) bond motifs is 1. The molecular weight excluding hydrogens is 349 g/mol. The number of nitrogens with one attached hydrogen (secondary N) is 1. The highest BCUT2D eigenvalue weighted by atomic mass is 19.1. The Labute approximate surface area is 158 Å². The van der Waals surface area contributed by atoms with Gasteiger partial charge in [0.15, 0.2) is 0 Å². The Morgan fingerprint density at radius 1 is 1.33 bits per heavy atom. The monoisotopic (exact) mass is 375 g/mol. The number of esters is 1. The van der Waals surface area contributed by atoms with Gasteiger partial charge in [0.1, 0.15) is 5.82 Å². The van der Waals surface area contributed by atoms with E-state index in [0.717, 1.165) is 19.3 Å². The maximum atomic E-state index is 14.5. The van der Waals surface area contributed by atoms with Gasteiger partial charge < -0.3 is 9.30 Å². The minimum absolute atomic E-state index is 0.131. The molecule has 27 heavy (non-hydrogen) atoms. The van der Waals surface area contributed by atoms with Crippen LogP contribution in [-0.2, 0) is 20.7 Å². The Bertz CT molecular complexity index is 879. The van der Waals surface area contributed by atoms with Crippen molar-refractivity contribution in [3.05, 3.63) is 23.5 Å². The number of aromatic nitrogens is 2. The lowest BCUT2D eigenvalue weighted by Crippen LogP contribution is -2.25. The Kier molecular flexibility index (Phi) is 5.22. The minimum atomic E-state index is -0.513. The van der Waals surface area contributed by atoms with Crippen molar-refractivity contribution in [2.45, 2.75) is 58.9 Å². The average Bonchev–Trinajstić information content (AvgIpc) is 2.85. The van der Waals surface area contributed by atoms with Gasteiger partial charge in [0.2, 0.25) is 11.9 Å². The molecule has 1 amide bonds. The van der Waals surface area contributed by atoms with Crippen LogP contribution in [0.3, 0.4) is 0 Å². The molecule has 0 aliphatic heterocycles. The topological polar surface area (TPSA) is 73.2 Å². The minimum Gasteiger partial charge on any atom is -0.469 e. The standard InChI is InChI=1S/C20H26FN3O3/c1-20(2,3)11-16(25)23-19-22-15-9-8-14(21)13(10-17(26)27-4)18(15)24(19)12-6-5-7-12/h8-9,12H,5-7,10-11H2,1-4H3,(H,22,23,25). The summed E-state index contributed by atoms with van der Waals surface area (Å²) in [5.74, 6) is -0.698. The Morgan fingerprint density at radius 2 is 2.04 bits per heavy atom. The lowest BCUT2D eigenvalue weighted by atomic mass is 9.92. The number of halogens is 1. The summed E-state index contributed by atoms with van der Waals surface area (Å²) in [5.41, 5.74) is 1.24. The van der Waals surface area contributed by atoms with Crippen LogP contribution < -0.4 is 5.32 Å². The second-order valence-electron chi connectivity index (χ2n) is 8.32. The van der Waals surface area contributed by atoms with Crippen molar-refractivity contribution in [3.8, 4) is 0 Å². The zero-order valence-electron chi connectivity index (χ0n) is 16.3. The molecule has 0 spiro atoms. The molecule has 1 fully saturated rings. The highest BCUT2D eigenvalue weighted by molar-refractivity contribution is 5.93. The molecule has 0 bridgehead atoms. The summed E-state index contributed by atoms with van der Waals surface area (Å²) in [4.78, 5) is 28.8. The van der Waals surface area contributed by atoms with E-state index in [2.05, 4.69) is 10.3 Å². The van der Waals surface area contributed by atoms with Crippen LogP contribution in [0, 0.1) is 11.2 Å². The third-order valence-electron chi connectivity index (χ3n) is 4.83. The number of benzene rings is 1. The van der Waals surface area contributed by atoms with E-state index < -0.39 is 11.8 Å². The molecule has 7 heteroatoms. The molecule has 3 rings (SSSR count). The Balaban J connectivity index is 2.07. The summed E-state index contributed by atoms with van der Waals surface area (Å²) >= 11 is 0. The van der Waals surface area contributed by atoms with E-state index in [1.54, 1.807) is 6.07 Å². The van der Waals surface area contributed by atoms with E-state index in [1.165, 1.54) is 13.2 Å². The molecule has 2 aromatic rings. The van der Waals surface area contributed by atoms with E-state index in [4.69, 9.17) is 4.74 Å². The lowest BCUT2D eigenvalue weighted by molar-refractivity contribution is -0.139. The summed E-state index contributed by atoms with van der Waals surface area (Å²) in [5, 5.41) is 2.89. The SMILES string of the molecule is COC(=O)Cc1c(F)ccc2nc(NC(=O)CC(C)(C)C)n(C3CCC3)c12. The van der Waals surface area contributed by atoms with Gasteiger partial charge in [-0.1, -0.05) is 20.8 Å². The van der Waals surface area contributed by atoms with Gasteiger partial charge in [-0.25, -0.2) is 9.37 Å². The van der Waals surface area contributed by atoms with Crippen LogP contribution in [0.15, 0.2) is 12.1 Å². The Hall–Kier alpha value is -2.44. The first-order valence-corrected chi connectivity index (χ1v) is 9.25. The van der Waals surface area contributed by atoms with Gasteiger partial charge in [-0.3, -0.25) is 14.9 Å².